The van der Waals surface area contributed by atoms with Gasteiger partial charge in [-0.2, -0.15) is 10.4 Å². The summed E-state index contributed by atoms with van der Waals surface area (Å²) in [4.78, 5) is 0. The number of aryl methyl sites for hydroxylation is 1. The second-order valence-corrected chi connectivity index (χ2v) is 6.51. The van der Waals surface area contributed by atoms with Crippen molar-refractivity contribution >= 4 is 40.1 Å². The van der Waals surface area contributed by atoms with Gasteiger partial charge in [-0.1, -0.05) is 18.2 Å². The van der Waals surface area contributed by atoms with Crippen LogP contribution in [0.1, 0.15) is 12.0 Å². The van der Waals surface area contributed by atoms with Crippen LogP contribution in [0.2, 0.25) is 0 Å². The molecule has 0 spiro atoms. The second-order valence-electron chi connectivity index (χ2n) is 6.10. The average molecular weight is 407 g/mol. The maximum absolute atomic E-state index is 8.86. The number of hydrogen-bond donors (Lipinski definition) is 2. The highest BCUT2D eigenvalue weighted by Crippen LogP contribution is 2.29. The van der Waals surface area contributed by atoms with Crippen LogP contribution in [0.4, 0.5) is 5.69 Å². The van der Waals surface area contributed by atoms with Gasteiger partial charge in [0.2, 0.25) is 0 Å². The molecule has 2 aromatic carbocycles. The Morgan fingerprint density at radius 2 is 2.00 bits per heavy atom. The van der Waals surface area contributed by atoms with Crippen molar-refractivity contribution in [2.45, 2.75) is 13.0 Å². The predicted octanol–water partition coefficient (Wildman–Crippen LogP) is 3.89. The van der Waals surface area contributed by atoms with E-state index >= 15 is 0 Å². The van der Waals surface area contributed by atoms with Gasteiger partial charge in [-0.3, -0.25) is 5.43 Å². The molecule has 0 amide bonds. The molecule has 1 heterocycles. The second kappa shape index (κ2) is 9.57. The van der Waals surface area contributed by atoms with Gasteiger partial charge in [-0.25, -0.2) is 0 Å². The first-order valence-electron chi connectivity index (χ1n) is 8.93. The van der Waals surface area contributed by atoms with Crippen LogP contribution in [0.3, 0.4) is 0 Å². The van der Waals surface area contributed by atoms with Crippen molar-refractivity contribution in [1.82, 2.24) is 9.99 Å². The quantitative estimate of drug-likeness (QED) is 0.351. The third-order valence-electron chi connectivity index (χ3n) is 4.30. The van der Waals surface area contributed by atoms with E-state index in [9.17, 15) is 0 Å². The third kappa shape index (κ3) is 4.83. The van der Waals surface area contributed by atoms with Crippen LogP contribution in [0.15, 0.2) is 53.8 Å². The van der Waals surface area contributed by atoms with E-state index in [1.54, 1.807) is 32.6 Å². The molecule has 7 nitrogen and oxygen atoms in total. The molecule has 0 atom stereocenters. The minimum atomic E-state index is 0.349. The van der Waals surface area contributed by atoms with E-state index in [1.165, 1.54) is 0 Å². The Balaban J connectivity index is 1.68. The van der Waals surface area contributed by atoms with Crippen LogP contribution < -0.4 is 20.2 Å². The molecule has 0 saturated carbocycles. The summed E-state index contributed by atoms with van der Waals surface area (Å²) >= 11 is 5.30. The van der Waals surface area contributed by atoms with E-state index in [4.69, 9.17) is 27.0 Å². The molecule has 0 aliphatic rings. The number of hydrogen-bond acceptors (Lipinski definition) is 5. The minimum Gasteiger partial charge on any atom is -0.493 e. The minimum absolute atomic E-state index is 0.349. The molecule has 0 fully saturated rings. The van der Waals surface area contributed by atoms with Crippen LogP contribution in [-0.2, 0) is 6.54 Å². The van der Waals surface area contributed by atoms with Crippen molar-refractivity contribution in [3.63, 3.8) is 0 Å². The highest BCUT2D eigenvalue weighted by atomic mass is 32.1. The molecule has 8 heteroatoms. The fourth-order valence-corrected chi connectivity index (χ4v) is 3.14. The molecule has 0 unspecified atom stereocenters. The van der Waals surface area contributed by atoms with Crippen LogP contribution in [0.5, 0.6) is 11.5 Å². The zero-order chi connectivity index (χ0) is 20.6. The number of hydrazone groups is 1. The normalized spacial score (nSPS) is 10.7. The van der Waals surface area contributed by atoms with Gasteiger partial charge < -0.3 is 19.4 Å². The number of aromatic nitrogens is 1. The average Bonchev–Trinajstić information content (AvgIpc) is 3.10. The summed E-state index contributed by atoms with van der Waals surface area (Å²) in [6.07, 6.45) is 4.15. The summed E-state index contributed by atoms with van der Waals surface area (Å²) in [5, 5.41) is 17.6. The standard InChI is InChI=1S/C21H21N5O2S/c1-27-19-9-8-16(12-20(19)28-2)24-21(29)25-23-13-15-14-26(11-5-10-22)18-7-4-3-6-17(15)18/h3-4,6-9,12-14H,5,11H2,1-2H3,(H2,24,25,29)/b23-13-. The number of fused-ring (bicyclic) bond motifs is 1. The number of nitrogens with zero attached hydrogens (tertiary/aromatic N) is 3. The van der Waals surface area contributed by atoms with Crippen molar-refractivity contribution in [2.75, 3.05) is 19.5 Å². The number of anilines is 1. The number of ether oxygens (including phenoxy) is 2. The van der Waals surface area contributed by atoms with Gasteiger partial charge in [0.15, 0.2) is 16.6 Å². The maximum atomic E-state index is 8.86. The molecule has 0 aliphatic carbocycles. The highest BCUT2D eigenvalue weighted by molar-refractivity contribution is 7.80. The Kier molecular flexibility index (Phi) is 6.66. The SMILES string of the molecule is COc1ccc(NC(=S)N/N=C\c2cn(CCC#N)c3ccccc23)cc1OC. The van der Waals surface area contributed by atoms with Crippen molar-refractivity contribution in [3.05, 3.63) is 54.2 Å². The molecule has 0 saturated heterocycles. The summed E-state index contributed by atoms with van der Waals surface area (Å²) in [6, 6.07) is 15.6. The first-order chi connectivity index (χ1) is 14.2. The van der Waals surface area contributed by atoms with Gasteiger partial charge in [0.25, 0.3) is 0 Å². The van der Waals surface area contributed by atoms with Crippen LogP contribution in [0, 0.1) is 11.3 Å². The molecule has 0 radical (unpaired) electrons. The number of thiocarbonyl (C=S) groups is 1. The summed E-state index contributed by atoms with van der Waals surface area (Å²) in [6.45, 7) is 0.636. The molecule has 29 heavy (non-hydrogen) atoms. The topological polar surface area (TPSA) is 83.6 Å². The van der Waals surface area contributed by atoms with Crippen LogP contribution in [0.25, 0.3) is 10.9 Å². The number of para-hydroxylation sites is 1. The number of benzene rings is 2. The van der Waals surface area contributed by atoms with E-state index < -0.39 is 0 Å². The largest absolute Gasteiger partial charge is 0.493 e. The van der Waals surface area contributed by atoms with Gasteiger partial charge in [0, 0.05) is 41.0 Å². The Morgan fingerprint density at radius 3 is 2.76 bits per heavy atom. The predicted molar refractivity (Wildman–Crippen MR) is 119 cm³/mol. The number of rotatable bonds is 7. The van der Waals surface area contributed by atoms with Gasteiger partial charge in [0.1, 0.15) is 0 Å². The lowest BCUT2D eigenvalue weighted by Crippen LogP contribution is -2.23. The van der Waals surface area contributed by atoms with Crippen LogP contribution in [-0.4, -0.2) is 30.1 Å². The molecule has 3 rings (SSSR count). The molecule has 3 aromatic rings. The molecular formula is C21H21N5O2S. The van der Waals surface area contributed by atoms with E-state index in [1.807, 2.05) is 36.5 Å². The number of nitriles is 1. The van der Waals surface area contributed by atoms with Crippen molar-refractivity contribution < 1.29 is 9.47 Å². The lowest BCUT2D eigenvalue weighted by molar-refractivity contribution is 0.355. The smallest absolute Gasteiger partial charge is 0.191 e. The molecular weight excluding hydrogens is 386 g/mol. The van der Waals surface area contributed by atoms with Crippen molar-refractivity contribution in [2.24, 2.45) is 5.10 Å². The molecule has 2 N–H and O–H groups in total. The Bertz CT molecular complexity index is 1080. The zero-order valence-electron chi connectivity index (χ0n) is 16.2. The summed E-state index contributed by atoms with van der Waals surface area (Å²) in [5.41, 5.74) is 5.58. The van der Waals surface area contributed by atoms with E-state index in [2.05, 4.69) is 26.5 Å². The number of nitrogens with one attached hydrogen (secondary N) is 2. The molecule has 148 valence electrons. The van der Waals surface area contributed by atoms with Crippen molar-refractivity contribution in [1.29, 1.82) is 5.26 Å². The van der Waals surface area contributed by atoms with Crippen molar-refractivity contribution in [3.8, 4) is 17.6 Å². The van der Waals surface area contributed by atoms with Crippen LogP contribution >= 0.6 is 12.2 Å². The van der Waals surface area contributed by atoms with E-state index in [0.29, 0.717) is 29.6 Å². The van der Waals surface area contributed by atoms with Gasteiger partial charge in [-0.05, 0) is 30.4 Å². The van der Waals surface area contributed by atoms with E-state index in [-0.39, 0.29) is 0 Å². The zero-order valence-corrected chi connectivity index (χ0v) is 17.0. The fourth-order valence-electron chi connectivity index (χ4n) is 2.97. The maximum Gasteiger partial charge on any atom is 0.191 e. The molecule has 0 bridgehead atoms. The first kappa shape index (κ1) is 20.2. The first-order valence-corrected chi connectivity index (χ1v) is 9.34. The highest BCUT2D eigenvalue weighted by Gasteiger charge is 2.07. The third-order valence-corrected chi connectivity index (χ3v) is 4.49. The van der Waals surface area contributed by atoms with Gasteiger partial charge in [-0.15, -0.1) is 0 Å². The lowest BCUT2D eigenvalue weighted by Gasteiger charge is -2.11. The monoisotopic (exact) mass is 407 g/mol. The van der Waals surface area contributed by atoms with Gasteiger partial charge in [0.05, 0.1) is 32.9 Å². The molecule has 0 aliphatic heterocycles. The summed E-state index contributed by atoms with van der Waals surface area (Å²) in [5.74, 6) is 1.25. The fraction of sp³-hybridized carbons (Fsp3) is 0.190. The summed E-state index contributed by atoms with van der Waals surface area (Å²) < 4.78 is 12.6. The Morgan fingerprint density at radius 1 is 1.21 bits per heavy atom. The Hall–Kier alpha value is -3.57. The number of methoxy groups -OCH3 is 2. The van der Waals surface area contributed by atoms with E-state index in [0.717, 1.165) is 22.2 Å². The summed E-state index contributed by atoms with van der Waals surface area (Å²) in [7, 11) is 3.17. The molecule has 1 aromatic heterocycles. The lowest BCUT2D eigenvalue weighted by atomic mass is 10.2. The van der Waals surface area contributed by atoms with Gasteiger partial charge >= 0.3 is 0 Å². The Labute approximate surface area is 174 Å².